The van der Waals surface area contributed by atoms with Crippen LogP contribution in [0.2, 0.25) is 0 Å². The van der Waals surface area contributed by atoms with Gasteiger partial charge in [0.1, 0.15) is 0 Å². The predicted molar refractivity (Wildman–Crippen MR) is 63.7 cm³/mol. The van der Waals surface area contributed by atoms with Crippen LogP contribution in [-0.2, 0) is 0 Å². The number of likely N-dealkylation sites (tertiary alicyclic amines) is 1. The molecule has 0 radical (unpaired) electrons. The molecule has 2 bridgehead atoms. The summed E-state index contributed by atoms with van der Waals surface area (Å²) >= 11 is 0. The average Bonchev–Trinajstić information content (AvgIpc) is 2.60. The Bertz CT molecular complexity index is 267. The van der Waals surface area contributed by atoms with E-state index in [1.165, 1.54) is 45.3 Å². The van der Waals surface area contributed by atoms with Crippen LogP contribution < -0.4 is 0 Å². The molecule has 3 aliphatic rings. The molecule has 0 aromatic rings. The molecule has 82 valence electrons. The normalized spacial score (nSPS) is 39.9. The molecule has 1 heteroatoms. The van der Waals surface area contributed by atoms with Gasteiger partial charge < -0.3 is 4.90 Å². The molecule has 1 saturated carbocycles. The highest BCUT2D eigenvalue weighted by molar-refractivity contribution is 5.11. The van der Waals surface area contributed by atoms with Crippen molar-refractivity contribution in [2.75, 3.05) is 19.6 Å². The molecule has 15 heavy (non-hydrogen) atoms. The van der Waals surface area contributed by atoms with Gasteiger partial charge in [-0.3, -0.25) is 0 Å². The third-order valence-electron chi connectivity index (χ3n) is 4.24. The zero-order valence-electron chi connectivity index (χ0n) is 9.44. The first-order chi connectivity index (χ1) is 7.40. The van der Waals surface area contributed by atoms with Crippen molar-refractivity contribution in [3.8, 4) is 0 Å². The van der Waals surface area contributed by atoms with E-state index in [1.54, 1.807) is 0 Å². The van der Waals surface area contributed by atoms with Crippen molar-refractivity contribution < 1.29 is 0 Å². The van der Waals surface area contributed by atoms with E-state index in [1.807, 2.05) is 0 Å². The van der Waals surface area contributed by atoms with Crippen molar-refractivity contribution in [1.29, 1.82) is 0 Å². The van der Waals surface area contributed by atoms with Gasteiger partial charge in [-0.2, -0.15) is 0 Å². The minimum absolute atomic E-state index is 0.785. The molecule has 1 saturated heterocycles. The van der Waals surface area contributed by atoms with Crippen LogP contribution in [0.25, 0.3) is 0 Å². The Kier molecular flexibility index (Phi) is 2.66. The summed E-state index contributed by atoms with van der Waals surface area (Å²) < 4.78 is 0. The second kappa shape index (κ2) is 4.13. The summed E-state index contributed by atoms with van der Waals surface area (Å²) in [5, 5.41) is 0. The minimum Gasteiger partial charge on any atom is -0.302 e. The Hall–Kier alpha value is -0.560. The fraction of sp³-hybridized carbons (Fsp3) is 0.714. The van der Waals surface area contributed by atoms with E-state index in [9.17, 15) is 0 Å². The van der Waals surface area contributed by atoms with Crippen molar-refractivity contribution in [3.63, 3.8) is 0 Å². The van der Waals surface area contributed by atoms with Crippen molar-refractivity contribution in [2.45, 2.75) is 25.7 Å². The summed E-state index contributed by atoms with van der Waals surface area (Å²) in [6, 6.07) is 0. The lowest BCUT2D eigenvalue weighted by atomic mass is 9.95. The second-order valence-electron chi connectivity index (χ2n) is 5.57. The van der Waals surface area contributed by atoms with Crippen LogP contribution in [0.4, 0.5) is 0 Å². The average molecular weight is 203 g/mol. The quantitative estimate of drug-likeness (QED) is 0.667. The highest BCUT2D eigenvalue weighted by Crippen LogP contribution is 2.36. The Balaban J connectivity index is 1.55. The molecule has 0 amide bonds. The molecule has 1 nitrogen and oxygen atoms in total. The van der Waals surface area contributed by atoms with Gasteiger partial charge in [-0.15, -0.1) is 0 Å². The Morgan fingerprint density at radius 3 is 2.53 bits per heavy atom. The number of piperidine rings is 1. The molecule has 2 aliphatic carbocycles. The molecule has 3 atom stereocenters. The molecule has 0 N–H and O–H groups in total. The maximum absolute atomic E-state index is 2.72. The third-order valence-corrected chi connectivity index (χ3v) is 4.24. The van der Waals surface area contributed by atoms with E-state index < -0.39 is 0 Å². The largest absolute Gasteiger partial charge is 0.302 e. The number of fused-ring (bicyclic) bond motifs is 2. The maximum Gasteiger partial charge on any atom is 0.00477 e. The smallest absolute Gasteiger partial charge is 0.00477 e. The Morgan fingerprint density at radius 2 is 1.87 bits per heavy atom. The van der Waals surface area contributed by atoms with Crippen LogP contribution in [0.15, 0.2) is 24.3 Å². The number of hydrogen-bond acceptors (Lipinski definition) is 1. The van der Waals surface area contributed by atoms with Crippen LogP contribution in [0.3, 0.4) is 0 Å². The molecule has 3 rings (SSSR count). The molecular formula is C14H21N. The van der Waals surface area contributed by atoms with E-state index in [2.05, 4.69) is 29.2 Å². The summed E-state index contributed by atoms with van der Waals surface area (Å²) in [5.74, 6) is 2.85. The molecule has 3 unspecified atom stereocenters. The van der Waals surface area contributed by atoms with Gasteiger partial charge in [0.25, 0.3) is 0 Å². The first-order valence-corrected chi connectivity index (χ1v) is 6.46. The van der Waals surface area contributed by atoms with E-state index in [4.69, 9.17) is 0 Å². The SMILES string of the molecule is C1=CCC(CN2CC3CCC(C3)C2)C=C1. The highest BCUT2D eigenvalue weighted by Gasteiger charge is 2.33. The summed E-state index contributed by atoms with van der Waals surface area (Å²) in [6.07, 6.45) is 14.9. The highest BCUT2D eigenvalue weighted by atomic mass is 15.1. The Morgan fingerprint density at radius 1 is 1.07 bits per heavy atom. The zero-order chi connectivity index (χ0) is 10.1. The first-order valence-electron chi connectivity index (χ1n) is 6.46. The van der Waals surface area contributed by atoms with E-state index in [-0.39, 0.29) is 0 Å². The van der Waals surface area contributed by atoms with E-state index in [0.717, 1.165) is 17.8 Å². The maximum atomic E-state index is 2.72. The van der Waals surface area contributed by atoms with Gasteiger partial charge in [0, 0.05) is 19.6 Å². The van der Waals surface area contributed by atoms with Crippen molar-refractivity contribution >= 4 is 0 Å². The van der Waals surface area contributed by atoms with Crippen molar-refractivity contribution in [2.24, 2.45) is 17.8 Å². The van der Waals surface area contributed by atoms with Crippen molar-refractivity contribution in [1.82, 2.24) is 4.90 Å². The number of nitrogens with zero attached hydrogens (tertiary/aromatic N) is 1. The van der Waals surface area contributed by atoms with Crippen molar-refractivity contribution in [3.05, 3.63) is 24.3 Å². The summed E-state index contributed by atoms with van der Waals surface area (Å²) in [7, 11) is 0. The van der Waals surface area contributed by atoms with Gasteiger partial charge in [-0.25, -0.2) is 0 Å². The molecule has 0 aromatic heterocycles. The summed E-state index contributed by atoms with van der Waals surface area (Å²) in [4.78, 5) is 2.72. The van der Waals surface area contributed by atoms with Crippen LogP contribution in [0.5, 0.6) is 0 Å². The molecule has 0 spiro atoms. The second-order valence-corrected chi connectivity index (χ2v) is 5.57. The van der Waals surface area contributed by atoms with Gasteiger partial charge in [-0.1, -0.05) is 24.3 Å². The Labute approximate surface area is 92.8 Å². The minimum atomic E-state index is 0.785. The standard InChI is InChI=1S/C14H21N/c1-2-4-12(5-3-1)9-15-10-13-6-7-14(8-13)11-15/h1-4,12-14H,5-11H2. The molecule has 2 fully saturated rings. The first kappa shape index (κ1) is 9.65. The van der Waals surface area contributed by atoms with Gasteiger partial charge in [0.15, 0.2) is 0 Å². The van der Waals surface area contributed by atoms with Gasteiger partial charge in [0.05, 0.1) is 0 Å². The van der Waals surface area contributed by atoms with Gasteiger partial charge in [-0.05, 0) is 43.4 Å². The number of allylic oxidation sites excluding steroid dienone is 3. The van der Waals surface area contributed by atoms with E-state index in [0.29, 0.717) is 0 Å². The third kappa shape index (κ3) is 2.17. The molecule has 0 aromatic carbocycles. The lowest BCUT2D eigenvalue weighted by Gasteiger charge is -2.33. The van der Waals surface area contributed by atoms with Crippen LogP contribution in [-0.4, -0.2) is 24.5 Å². The van der Waals surface area contributed by atoms with Crippen LogP contribution >= 0.6 is 0 Å². The van der Waals surface area contributed by atoms with Crippen LogP contribution in [0, 0.1) is 17.8 Å². The van der Waals surface area contributed by atoms with Crippen LogP contribution in [0.1, 0.15) is 25.7 Å². The van der Waals surface area contributed by atoms with Gasteiger partial charge in [0.2, 0.25) is 0 Å². The van der Waals surface area contributed by atoms with Gasteiger partial charge >= 0.3 is 0 Å². The number of rotatable bonds is 2. The molecule has 1 heterocycles. The lowest BCUT2D eigenvalue weighted by Crippen LogP contribution is -2.39. The summed E-state index contributed by atoms with van der Waals surface area (Å²) in [5.41, 5.74) is 0. The fourth-order valence-electron chi connectivity index (χ4n) is 3.56. The number of hydrogen-bond donors (Lipinski definition) is 0. The predicted octanol–water partition coefficient (Wildman–Crippen LogP) is 2.85. The summed E-state index contributed by atoms with van der Waals surface area (Å²) in [6.45, 7) is 4.06. The fourth-order valence-corrected chi connectivity index (χ4v) is 3.56. The molecule has 1 aliphatic heterocycles. The zero-order valence-corrected chi connectivity index (χ0v) is 9.44. The molecular weight excluding hydrogens is 182 g/mol. The monoisotopic (exact) mass is 203 g/mol. The lowest BCUT2D eigenvalue weighted by molar-refractivity contribution is 0.154. The van der Waals surface area contributed by atoms with E-state index >= 15 is 0 Å². The topological polar surface area (TPSA) is 3.24 Å².